The lowest BCUT2D eigenvalue weighted by molar-refractivity contribution is -0.383. The van der Waals surface area contributed by atoms with Crippen molar-refractivity contribution in [1.29, 1.82) is 0 Å². The number of non-ortho nitro benzene ring substituents is 1. The first-order valence-electron chi connectivity index (χ1n) is 8.06. The number of benzene rings is 1. The minimum atomic E-state index is -0.404. The van der Waals surface area contributed by atoms with E-state index >= 15 is 0 Å². The average molecular weight is 327 g/mol. The number of hydrogen-bond acceptors (Lipinski definition) is 6. The van der Waals surface area contributed by atoms with Gasteiger partial charge in [0.15, 0.2) is 5.78 Å². The van der Waals surface area contributed by atoms with Crippen molar-refractivity contribution in [3.05, 3.63) is 40.7 Å². The molecule has 1 aromatic carbocycles. The van der Waals surface area contributed by atoms with E-state index < -0.39 is 11.0 Å². The maximum atomic E-state index is 12.3. The molecule has 0 bridgehead atoms. The van der Waals surface area contributed by atoms with E-state index in [0.29, 0.717) is 25.1 Å². The second-order valence-electron chi connectivity index (χ2n) is 6.26. The van der Waals surface area contributed by atoms with Crippen molar-refractivity contribution in [3.8, 4) is 0 Å². The van der Waals surface area contributed by atoms with Crippen molar-refractivity contribution in [2.45, 2.75) is 18.9 Å². The molecule has 1 aliphatic heterocycles. The largest absolute Gasteiger partial charge is 0.367 e. The zero-order valence-electron chi connectivity index (χ0n) is 13.1. The maximum absolute atomic E-state index is 12.3. The molecule has 2 aromatic rings. The van der Waals surface area contributed by atoms with Crippen LogP contribution in [-0.4, -0.2) is 41.5 Å². The smallest absolute Gasteiger partial charge is 0.278 e. The van der Waals surface area contributed by atoms with Crippen LogP contribution in [0.1, 0.15) is 12.8 Å². The molecule has 1 unspecified atom stereocenters. The van der Waals surface area contributed by atoms with Crippen molar-refractivity contribution in [2.24, 2.45) is 5.92 Å². The molecule has 2 aliphatic rings. The summed E-state index contributed by atoms with van der Waals surface area (Å²) in [6, 6.07) is 5.04. The second-order valence-corrected chi connectivity index (χ2v) is 6.26. The molecule has 0 N–H and O–H groups in total. The fourth-order valence-corrected chi connectivity index (χ4v) is 3.27. The number of pyridine rings is 1. The fourth-order valence-electron chi connectivity index (χ4n) is 3.27. The minimum Gasteiger partial charge on any atom is -0.367 e. The van der Waals surface area contributed by atoms with Gasteiger partial charge in [-0.3, -0.25) is 19.9 Å². The Kier molecular flexibility index (Phi) is 3.65. The van der Waals surface area contributed by atoms with E-state index in [1.807, 2.05) is 0 Å². The topological polar surface area (TPSA) is 85.6 Å². The highest BCUT2D eigenvalue weighted by molar-refractivity contribution is 5.99. The lowest BCUT2D eigenvalue weighted by Crippen LogP contribution is -2.46. The second kappa shape index (κ2) is 5.83. The van der Waals surface area contributed by atoms with Crippen molar-refractivity contribution in [3.63, 3.8) is 0 Å². The van der Waals surface area contributed by atoms with Gasteiger partial charge in [0.2, 0.25) is 0 Å². The standard InChI is InChI=1S/C17H17N3O4/c21-17(11-1-2-11)16-10-19(7-8-24-16)14-3-4-15(20(22)23)13-9-18-6-5-12(13)14/h3-6,9,11,16H,1-2,7-8,10H2. The Morgan fingerprint density at radius 3 is 2.88 bits per heavy atom. The summed E-state index contributed by atoms with van der Waals surface area (Å²) in [5.41, 5.74) is 0.926. The van der Waals surface area contributed by atoms with Gasteiger partial charge in [-0.15, -0.1) is 0 Å². The van der Waals surface area contributed by atoms with Gasteiger partial charge in [-0.25, -0.2) is 0 Å². The fraction of sp³-hybridized carbons (Fsp3) is 0.412. The van der Waals surface area contributed by atoms with Crippen LogP contribution in [0.15, 0.2) is 30.6 Å². The van der Waals surface area contributed by atoms with Crippen LogP contribution in [-0.2, 0) is 9.53 Å². The van der Waals surface area contributed by atoms with Gasteiger partial charge in [0.1, 0.15) is 6.10 Å². The zero-order valence-corrected chi connectivity index (χ0v) is 13.1. The van der Waals surface area contributed by atoms with Crippen LogP contribution in [0, 0.1) is 16.0 Å². The van der Waals surface area contributed by atoms with Crippen LogP contribution in [0.3, 0.4) is 0 Å². The number of aromatic nitrogens is 1. The number of nitrogens with zero attached hydrogens (tertiary/aromatic N) is 3. The number of Topliss-reactive ketones (excluding diaryl/α,β-unsaturated/α-hetero) is 1. The lowest BCUT2D eigenvalue weighted by atomic mass is 10.1. The van der Waals surface area contributed by atoms with E-state index in [0.717, 1.165) is 23.9 Å². The number of ketones is 1. The van der Waals surface area contributed by atoms with Crippen molar-refractivity contribution < 1.29 is 14.5 Å². The highest BCUT2D eigenvalue weighted by Gasteiger charge is 2.37. The Bertz CT molecular complexity index is 819. The molecule has 2 heterocycles. The Hall–Kier alpha value is -2.54. The van der Waals surface area contributed by atoms with Crippen LogP contribution >= 0.6 is 0 Å². The number of anilines is 1. The summed E-state index contributed by atoms with van der Waals surface area (Å²) in [6.45, 7) is 1.63. The Morgan fingerprint density at radius 2 is 2.12 bits per heavy atom. The Morgan fingerprint density at radius 1 is 1.29 bits per heavy atom. The summed E-state index contributed by atoms with van der Waals surface area (Å²) < 4.78 is 5.66. The van der Waals surface area contributed by atoms with E-state index in [2.05, 4.69) is 9.88 Å². The van der Waals surface area contributed by atoms with E-state index in [-0.39, 0.29) is 17.4 Å². The normalized spacial score (nSPS) is 21.0. The number of morpholine rings is 1. The number of ether oxygens (including phenoxy) is 1. The summed E-state index contributed by atoms with van der Waals surface area (Å²) in [6.07, 6.45) is 4.67. The molecule has 1 saturated heterocycles. The number of nitro benzene ring substituents is 1. The van der Waals surface area contributed by atoms with Crippen molar-refractivity contribution in [2.75, 3.05) is 24.6 Å². The molecule has 1 aliphatic carbocycles. The zero-order chi connectivity index (χ0) is 16.7. The van der Waals surface area contributed by atoms with Crippen molar-refractivity contribution in [1.82, 2.24) is 4.98 Å². The molecule has 1 atom stereocenters. The summed E-state index contributed by atoms with van der Waals surface area (Å²) >= 11 is 0. The molecule has 1 saturated carbocycles. The number of carbonyl (C=O) groups excluding carboxylic acids is 1. The van der Waals surface area contributed by atoms with Gasteiger partial charge < -0.3 is 9.64 Å². The molecule has 7 heteroatoms. The lowest BCUT2D eigenvalue weighted by Gasteiger charge is -2.34. The molecule has 0 amide bonds. The van der Waals surface area contributed by atoms with Crippen LogP contribution in [0.5, 0.6) is 0 Å². The van der Waals surface area contributed by atoms with Gasteiger partial charge in [0, 0.05) is 42.0 Å². The van der Waals surface area contributed by atoms with Crippen LogP contribution in [0.25, 0.3) is 10.8 Å². The van der Waals surface area contributed by atoms with Crippen LogP contribution < -0.4 is 4.90 Å². The summed E-state index contributed by atoms with van der Waals surface area (Å²) in [7, 11) is 0. The highest BCUT2D eigenvalue weighted by Crippen LogP contribution is 2.35. The molecular formula is C17H17N3O4. The number of hydrogen-bond donors (Lipinski definition) is 0. The van der Waals surface area contributed by atoms with E-state index in [1.54, 1.807) is 18.3 Å². The predicted molar refractivity (Wildman–Crippen MR) is 88.1 cm³/mol. The third kappa shape index (κ3) is 2.60. The SMILES string of the molecule is O=C(C1CC1)C1CN(c2ccc([N+](=O)[O-])c3cnccc23)CCO1. The first-order valence-corrected chi connectivity index (χ1v) is 8.06. The van der Waals surface area contributed by atoms with Crippen LogP contribution in [0.2, 0.25) is 0 Å². The molecule has 1 aromatic heterocycles. The van der Waals surface area contributed by atoms with Gasteiger partial charge in [-0.2, -0.15) is 0 Å². The summed E-state index contributed by atoms with van der Waals surface area (Å²) in [5, 5.41) is 12.5. The van der Waals surface area contributed by atoms with Gasteiger partial charge in [0.05, 0.1) is 23.5 Å². The molecule has 0 spiro atoms. The van der Waals surface area contributed by atoms with Gasteiger partial charge in [-0.1, -0.05) is 0 Å². The number of rotatable bonds is 4. The molecule has 124 valence electrons. The quantitative estimate of drug-likeness (QED) is 0.633. The third-order valence-electron chi connectivity index (χ3n) is 4.67. The Balaban J connectivity index is 1.69. The van der Waals surface area contributed by atoms with Crippen molar-refractivity contribution >= 4 is 27.9 Å². The highest BCUT2D eigenvalue weighted by atomic mass is 16.6. The average Bonchev–Trinajstić information content (AvgIpc) is 3.45. The van der Waals surface area contributed by atoms with E-state index in [9.17, 15) is 14.9 Å². The minimum absolute atomic E-state index is 0.0423. The molecule has 7 nitrogen and oxygen atoms in total. The third-order valence-corrected chi connectivity index (χ3v) is 4.67. The first-order chi connectivity index (χ1) is 11.6. The number of fused-ring (bicyclic) bond motifs is 1. The monoisotopic (exact) mass is 327 g/mol. The van der Waals surface area contributed by atoms with Gasteiger partial charge in [0.25, 0.3) is 5.69 Å². The summed E-state index contributed by atoms with van der Waals surface area (Å²) in [5.74, 6) is 0.348. The molecule has 2 fully saturated rings. The van der Waals surface area contributed by atoms with E-state index in [1.165, 1.54) is 12.3 Å². The van der Waals surface area contributed by atoms with E-state index in [4.69, 9.17) is 4.74 Å². The van der Waals surface area contributed by atoms with Crippen LogP contribution in [0.4, 0.5) is 11.4 Å². The van der Waals surface area contributed by atoms with Gasteiger partial charge >= 0.3 is 0 Å². The molecule has 24 heavy (non-hydrogen) atoms. The molecule has 0 radical (unpaired) electrons. The summed E-state index contributed by atoms with van der Waals surface area (Å²) in [4.78, 5) is 29.2. The number of nitro groups is 1. The number of carbonyl (C=O) groups is 1. The van der Waals surface area contributed by atoms with Gasteiger partial charge in [-0.05, 0) is 25.0 Å². The molecular weight excluding hydrogens is 310 g/mol. The maximum Gasteiger partial charge on any atom is 0.278 e. The first kappa shape index (κ1) is 15.0. The Labute approximate surface area is 138 Å². The predicted octanol–water partition coefficient (Wildman–Crippen LogP) is 2.33. The molecule has 4 rings (SSSR count).